The summed E-state index contributed by atoms with van der Waals surface area (Å²) in [6.45, 7) is 0.662. The lowest BCUT2D eigenvalue weighted by Crippen LogP contribution is -2.18. The molecule has 0 unspecified atom stereocenters. The van der Waals surface area contributed by atoms with Crippen molar-refractivity contribution in [2.24, 2.45) is 0 Å². The van der Waals surface area contributed by atoms with Gasteiger partial charge in [-0.05, 0) is 30.3 Å². The number of thiazole rings is 1. The zero-order valence-corrected chi connectivity index (χ0v) is 15.2. The highest BCUT2D eigenvalue weighted by Gasteiger charge is 2.24. The third-order valence-electron chi connectivity index (χ3n) is 4.80. The number of fused-ring (bicyclic) bond motifs is 4. The van der Waals surface area contributed by atoms with E-state index in [4.69, 9.17) is 0 Å². The number of anilines is 1. The number of nitrogens with zero attached hydrogens (tertiary/aromatic N) is 3. The van der Waals surface area contributed by atoms with Crippen molar-refractivity contribution in [1.82, 2.24) is 14.5 Å². The number of nitrogens with one attached hydrogen (secondary N) is 1. The van der Waals surface area contributed by atoms with Crippen LogP contribution in [0.3, 0.4) is 0 Å². The van der Waals surface area contributed by atoms with Gasteiger partial charge in [-0.25, -0.2) is 9.97 Å². The number of imidazole rings is 1. The number of aliphatic hydroxyl groups is 1. The van der Waals surface area contributed by atoms with Gasteiger partial charge in [-0.1, -0.05) is 12.1 Å². The van der Waals surface area contributed by atoms with E-state index in [-0.39, 0.29) is 18.1 Å². The molecule has 27 heavy (non-hydrogen) atoms. The van der Waals surface area contributed by atoms with Crippen LogP contribution in [0, 0.1) is 0 Å². The molecular weight excluding hydrogens is 360 g/mol. The van der Waals surface area contributed by atoms with Crippen molar-refractivity contribution in [2.45, 2.75) is 19.4 Å². The van der Waals surface area contributed by atoms with Gasteiger partial charge in [-0.3, -0.25) is 4.79 Å². The van der Waals surface area contributed by atoms with Gasteiger partial charge in [0.1, 0.15) is 11.6 Å². The number of carbonyl (C=O) groups excluding carboxylic acids is 1. The first-order valence-electron chi connectivity index (χ1n) is 8.69. The van der Waals surface area contributed by atoms with E-state index in [0.29, 0.717) is 24.4 Å². The summed E-state index contributed by atoms with van der Waals surface area (Å²) < 4.78 is 3.09. The average Bonchev–Trinajstić information content (AvgIpc) is 3.28. The van der Waals surface area contributed by atoms with Gasteiger partial charge in [0.15, 0.2) is 0 Å². The number of aliphatic hydroxyl groups excluding tert-OH is 1. The second-order valence-electron chi connectivity index (χ2n) is 6.51. The summed E-state index contributed by atoms with van der Waals surface area (Å²) in [5, 5.41) is 13.3. The number of para-hydroxylation sites is 2. The monoisotopic (exact) mass is 376 g/mol. The van der Waals surface area contributed by atoms with Crippen LogP contribution in [-0.4, -0.2) is 25.5 Å². The van der Waals surface area contributed by atoms with Gasteiger partial charge in [0, 0.05) is 24.2 Å². The number of hydrogen-bond donors (Lipinski definition) is 2. The Morgan fingerprint density at radius 1 is 1.22 bits per heavy atom. The van der Waals surface area contributed by atoms with Crippen molar-refractivity contribution in [3.8, 4) is 0 Å². The topological polar surface area (TPSA) is 80.0 Å². The summed E-state index contributed by atoms with van der Waals surface area (Å²) in [6, 6.07) is 13.5. The molecule has 2 aromatic carbocycles. The number of benzene rings is 2. The molecule has 0 aliphatic carbocycles. The maximum absolute atomic E-state index is 12.6. The normalized spacial score (nSPS) is 13.9. The third-order valence-corrected chi connectivity index (χ3v) is 5.59. The molecule has 1 aliphatic rings. The first-order chi connectivity index (χ1) is 13.2. The Kier molecular flexibility index (Phi) is 3.68. The molecule has 0 fully saturated rings. The van der Waals surface area contributed by atoms with Gasteiger partial charge in [-0.15, -0.1) is 11.3 Å². The zero-order valence-electron chi connectivity index (χ0n) is 14.3. The van der Waals surface area contributed by atoms with E-state index in [9.17, 15) is 9.90 Å². The van der Waals surface area contributed by atoms with Gasteiger partial charge in [-0.2, -0.15) is 0 Å². The van der Waals surface area contributed by atoms with Gasteiger partial charge < -0.3 is 15.0 Å². The fourth-order valence-corrected chi connectivity index (χ4v) is 4.23. The fourth-order valence-electron chi connectivity index (χ4n) is 3.51. The molecule has 6 nitrogen and oxygen atoms in total. The van der Waals surface area contributed by atoms with Crippen molar-refractivity contribution >= 4 is 49.8 Å². The molecule has 2 aromatic heterocycles. The molecule has 3 heterocycles. The third kappa shape index (κ3) is 2.76. The highest BCUT2D eigenvalue weighted by molar-refractivity contribution is 7.16. The number of aromatic nitrogens is 3. The number of aryl methyl sites for hydroxylation is 1. The Morgan fingerprint density at radius 2 is 2.11 bits per heavy atom. The maximum Gasteiger partial charge on any atom is 0.229 e. The van der Waals surface area contributed by atoms with E-state index in [1.807, 2.05) is 42.5 Å². The predicted octanol–water partition coefficient (Wildman–Crippen LogP) is 4.35. The van der Waals surface area contributed by atoms with E-state index in [1.165, 1.54) is 11.3 Å². The van der Waals surface area contributed by atoms with Crippen LogP contribution >= 0.6 is 11.3 Å². The molecule has 4 aromatic rings. The highest BCUT2D eigenvalue weighted by Crippen LogP contribution is 2.31. The molecule has 0 spiro atoms. The van der Waals surface area contributed by atoms with Crippen molar-refractivity contribution in [3.05, 3.63) is 59.6 Å². The molecular formula is C20H16N4O2S. The fraction of sp³-hybridized carbons (Fsp3) is 0.150. The minimum atomic E-state index is -0.180. The van der Waals surface area contributed by atoms with Crippen LogP contribution in [0.1, 0.15) is 18.7 Å². The molecule has 0 atom stereocenters. The SMILES string of the molecule is O=C(CC1=C(O)CCn2c1nc1ccccc12)Nc1ccc2ncsc2c1. The molecule has 0 saturated carbocycles. The maximum atomic E-state index is 12.6. The summed E-state index contributed by atoms with van der Waals surface area (Å²) in [4.78, 5) is 21.5. The number of amides is 1. The van der Waals surface area contributed by atoms with E-state index >= 15 is 0 Å². The smallest absolute Gasteiger partial charge is 0.229 e. The lowest BCUT2D eigenvalue weighted by Gasteiger charge is -2.19. The van der Waals surface area contributed by atoms with Gasteiger partial charge in [0.05, 0.1) is 33.2 Å². The van der Waals surface area contributed by atoms with Crippen molar-refractivity contribution in [2.75, 3.05) is 5.32 Å². The van der Waals surface area contributed by atoms with Crippen LogP contribution in [0.2, 0.25) is 0 Å². The van der Waals surface area contributed by atoms with Crippen molar-refractivity contribution in [3.63, 3.8) is 0 Å². The molecule has 5 rings (SSSR count). The van der Waals surface area contributed by atoms with Crippen LogP contribution in [0.25, 0.3) is 26.8 Å². The Bertz CT molecular complexity index is 1220. The van der Waals surface area contributed by atoms with Crippen LogP contribution in [-0.2, 0) is 11.3 Å². The molecule has 0 radical (unpaired) electrons. The summed E-state index contributed by atoms with van der Waals surface area (Å²) in [6.07, 6.45) is 0.582. The van der Waals surface area contributed by atoms with Crippen LogP contribution < -0.4 is 5.32 Å². The van der Waals surface area contributed by atoms with Crippen LogP contribution in [0.4, 0.5) is 5.69 Å². The molecule has 2 N–H and O–H groups in total. The average molecular weight is 376 g/mol. The quantitative estimate of drug-likeness (QED) is 0.557. The Hall–Kier alpha value is -3.19. The molecule has 0 saturated heterocycles. The largest absolute Gasteiger partial charge is 0.512 e. The predicted molar refractivity (Wildman–Crippen MR) is 107 cm³/mol. The highest BCUT2D eigenvalue weighted by atomic mass is 32.1. The Morgan fingerprint density at radius 3 is 3.04 bits per heavy atom. The van der Waals surface area contributed by atoms with Gasteiger partial charge >= 0.3 is 0 Å². The van der Waals surface area contributed by atoms with E-state index in [2.05, 4.69) is 19.9 Å². The molecule has 1 aliphatic heterocycles. The first-order valence-corrected chi connectivity index (χ1v) is 9.57. The lowest BCUT2D eigenvalue weighted by molar-refractivity contribution is -0.115. The zero-order chi connectivity index (χ0) is 18.4. The Labute approximate surface area is 158 Å². The second kappa shape index (κ2) is 6.21. The van der Waals surface area contributed by atoms with Crippen LogP contribution in [0.15, 0.2) is 53.7 Å². The molecule has 134 valence electrons. The van der Waals surface area contributed by atoms with E-state index < -0.39 is 0 Å². The van der Waals surface area contributed by atoms with Gasteiger partial charge in [0.25, 0.3) is 0 Å². The van der Waals surface area contributed by atoms with E-state index in [1.54, 1.807) is 5.51 Å². The minimum Gasteiger partial charge on any atom is -0.512 e. The summed E-state index contributed by atoms with van der Waals surface area (Å²) >= 11 is 1.53. The van der Waals surface area contributed by atoms with Crippen molar-refractivity contribution < 1.29 is 9.90 Å². The van der Waals surface area contributed by atoms with Gasteiger partial charge in [0.2, 0.25) is 5.91 Å². The number of hydrogen-bond acceptors (Lipinski definition) is 5. The van der Waals surface area contributed by atoms with Crippen LogP contribution in [0.5, 0.6) is 0 Å². The standard InChI is InChI=1S/C20H16N4O2S/c25-17-7-8-24-16-4-2-1-3-14(16)23-20(24)13(17)10-19(26)22-12-5-6-15-18(9-12)27-11-21-15/h1-6,9,11,25H,7-8,10H2,(H,22,26). The summed E-state index contributed by atoms with van der Waals surface area (Å²) in [7, 11) is 0. The minimum absolute atomic E-state index is 0.0792. The number of carbonyl (C=O) groups is 1. The first kappa shape index (κ1) is 16.0. The number of allylic oxidation sites excluding steroid dienone is 1. The molecule has 1 amide bonds. The second-order valence-corrected chi connectivity index (χ2v) is 7.40. The summed E-state index contributed by atoms with van der Waals surface area (Å²) in [5.41, 5.74) is 5.91. The lowest BCUT2D eigenvalue weighted by atomic mass is 10.0. The number of rotatable bonds is 3. The van der Waals surface area contributed by atoms with Crippen molar-refractivity contribution in [1.29, 1.82) is 0 Å². The summed E-state index contributed by atoms with van der Waals surface area (Å²) in [5.74, 6) is 0.736. The Balaban J connectivity index is 1.43. The molecule has 7 heteroatoms. The van der Waals surface area contributed by atoms with E-state index in [0.717, 1.165) is 26.9 Å². The molecule has 0 bridgehead atoms.